The largest absolute Gasteiger partial charge is 0.493 e. The number of ether oxygens (including phenoxy) is 3. The molecule has 2 unspecified atom stereocenters. The van der Waals surface area contributed by atoms with Crippen LogP contribution in [0.2, 0.25) is 0 Å². The summed E-state index contributed by atoms with van der Waals surface area (Å²) in [5.41, 5.74) is 3.63. The molecule has 0 N–H and O–H groups in total. The van der Waals surface area contributed by atoms with Crippen molar-refractivity contribution in [1.29, 1.82) is 0 Å². The molecule has 1 aliphatic carbocycles. The van der Waals surface area contributed by atoms with Gasteiger partial charge >= 0.3 is 0 Å². The molecule has 1 saturated heterocycles. The number of benzene rings is 3. The van der Waals surface area contributed by atoms with E-state index in [0.29, 0.717) is 19.8 Å². The van der Waals surface area contributed by atoms with Crippen LogP contribution in [-0.4, -0.2) is 44.2 Å². The van der Waals surface area contributed by atoms with Crippen LogP contribution in [0.1, 0.15) is 75.0 Å². The maximum Gasteiger partial charge on any atom is 0.248 e. The predicted molar refractivity (Wildman–Crippen MR) is 164 cm³/mol. The van der Waals surface area contributed by atoms with Crippen molar-refractivity contribution in [3.63, 3.8) is 0 Å². The number of rotatable bonds is 11. The highest BCUT2D eigenvalue weighted by atomic mass is 16.5. The van der Waals surface area contributed by atoms with Crippen molar-refractivity contribution < 1.29 is 19.0 Å². The fourth-order valence-electron chi connectivity index (χ4n) is 6.80. The highest BCUT2D eigenvalue weighted by Gasteiger charge is 2.44. The number of likely N-dealkylation sites (tertiary alicyclic amines) is 1. The Bertz CT molecular complexity index is 1270. The highest BCUT2D eigenvalue weighted by molar-refractivity contribution is 5.78. The van der Waals surface area contributed by atoms with Crippen LogP contribution in [0.25, 0.3) is 0 Å². The van der Waals surface area contributed by atoms with Crippen LogP contribution in [0.3, 0.4) is 0 Å². The van der Waals surface area contributed by atoms with Crippen molar-refractivity contribution in [3.8, 4) is 11.5 Å². The third kappa shape index (κ3) is 6.62. The van der Waals surface area contributed by atoms with Gasteiger partial charge in [-0.05, 0) is 53.5 Å². The van der Waals surface area contributed by atoms with Gasteiger partial charge in [-0.1, -0.05) is 99.8 Å². The van der Waals surface area contributed by atoms with Gasteiger partial charge in [-0.2, -0.15) is 0 Å². The normalized spacial score (nSPS) is 21.9. The van der Waals surface area contributed by atoms with E-state index in [1.165, 1.54) is 30.4 Å². The number of hydrogen-bond acceptors (Lipinski definition) is 4. The fraction of sp³-hybridized carbons (Fsp3) is 0.472. The molecule has 0 spiro atoms. The number of methoxy groups -OCH3 is 1. The fourth-order valence-corrected chi connectivity index (χ4v) is 6.80. The number of nitrogens with zero attached hydrogens (tertiary/aromatic N) is 1. The summed E-state index contributed by atoms with van der Waals surface area (Å²) in [6.07, 6.45) is 7.00. The number of amides is 1. The van der Waals surface area contributed by atoms with Crippen LogP contribution in [-0.2, 0) is 21.6 Å². The van der Waals surface area contributed by atoms with Gasteiger partial charge in [0.15, 0.2) is 11.5 Å². The summed E-state index contributed by atoms with van der Waals surface area (Å²) in [4.78, 5) is 15.2. The molecular weight excluding hydrogens is 510 g/mol. The summed E-state index contributed by atoms with van der Waals surface area (Å²) < 4.78 is 18.2. The standard InChI is InChI=1S/C36H45NO4/c1-4-35(2)26-37(34(38)25-40-24-28-14-8-5-9-15-28)23-31(35)29-18-19-32(39-3)33(22-29)41-27-36(20-12-7-13-21-36)30-16-10-6-11-17-30/h5-6,8-11,14-19,22,31H,4,7,12-13,20-21,23-27H2,1-3H3. The monoisotopic (exact) mass is 555 g/mol. The summed E-state index contributed by atoms with van der Waals surface area (Å²) in [6, 6.07) is 27.2. The molecule has 1 saturated carbocycles. The summed E-state index contributed by atoms with van der Waals surface area (Å²) in [5, 5.41) is 0. The molecule has 0 bridgehead atoms. The van der Waals surface area contributed by atoms with Crippen molar-refractivity contribution >= 4 is 5.91 Å². The number of carbonyl (C=O) groups is 1. The Morgan fingerprint density at radius 2 is 1.63 bits per heavy atom. The zero-order valence-corrected chi connectivity index (χ0v) is 24.9. The Hall–Kier alpha value is -3.31. The molecule has 5 heteroatoms. The van der Waals surface area contributed by atoms with Gasteiger partial charge in [0, 0.05) is 24.4 Å². The van der Waals surface area contributed by atoms with Crippen LogP contribution in [0.15, 0.2) is 78.9 Å². The summed E-state index contributed by atoms with van der Waals surface area (Å²) in [5.74, 6) is 1.80. The summed E-state index contributed by atoms with van der Waals surface area (Å²) in [7, 11) is 1.71. The quantitative estimate of drug-likeness (QED) is 0.245. The van der Waals surface area contributed by atoms with Crippen molar-refractivity contribution in [3.05, 3.63) is 95.6 Å². The second-order valence-electron chi connectivity index (χ2n) is 12.2. The maximum atomic E-state index is 13.2. The van der Waals surface area contributed by atoms with Gasteiger partial charge in [0.25, 0.3) is 0 Å². The molecule has 5 nitrogen and oxygen atoms in total. The Kier molecular flexibility index (Phi) is 9.34. The second kappa shape index (κ2) is 13.1. The molecule has 3 aromatic carbocycles. The van der Waals surface area contributed by atoms with E-state index in [1.54, 1.807) is 7.11 Å². The first-order valence-electron chi connectivity index (χ1n) is 15.2. The molecular formula is C36H45NO4. The molecule has 2 fully saturated rings. The zero-order chi connectivity index (χ0) is 28.7. The van der Waals surface area contributed by atoms with Crippen LogP contribution in [0.4, 0.5) is 0 Å². The van der Waals surface area contributed by atoms with Crippen molar-refractivity contribution in [1.82, 2.24) is 4.90 Å². The predicted octanol–water partition coefficient (Wildman–Crippen LogP) is 7.54. The van der Waals surface area contributed by atoms with Crippen molar-refractivity contribution in [2.24, 2.45) is 5.41 Å². The molecule has 2 atom stereocenters. The van der Waals surface area contributed by atoms with Crippen LogP contribution < -0.4 is 9.47 Å². The van der Waals surface area contributed by atoms with Crippen LogP contribution >= 0.6 is 0 Å². The first-order chi connectivity index (χ1) is 20.0. The van der Waals surface area contributed by atoms with Gasteiger partial charge < -0.3 is 19.1 Å². The van der Waals surface area contributed by atoms with E-state index in [4.69, 9.17) is 14.2 Å². The molecule has 2 aliphatic rings. The van der Waals surface area contributed by atoms with Gasteiger partial charge in [-0.25, -0.2) is 0 Å². The first kappa shape index (κ1) is 29.2. The minimum Gasteiger partial charge on any atom is -0.493 e. The third-order valence-corrected chi connectivity index (χ3v) is 9.58. The lowest BCUT2D eigenvalue weighted by Crippen LogP contribution is -2.35. The number of hydrogen-bond donors (Lipinski definition) is 0. The molecule has 0 radical (unpaired) electrons. The van der Waals surface area contributed by atoms with Crippen LogP contribution in [0.5, 0.6) is 11.5 Å². The van der Waals surface area contributed by atoms with Gasteiger partial charge in [-0.3, -0.25) is 4.79 Å². The van der Waals surface area contributed by atoms with E-state index in [2.05, 4.69) is 56.3 Å². The molecule has 1 heterocycles. The van der Waals surface area contributed by atoms with E-state index in [0.717, 1.165) is 42.9 Å². The Balaban J connectivity index is 1.31. The molecule has 1 amide bonds. The molecule has 218 valence electrons. The van der Waals surface area contributed by atoms with Crippen molar-refractivity contribution in [2.45, 2.75) is 70.3 Å². The molecule has 1 aliphatic heterocycles. The maximum absolute atomic E-state index is 13.2. The minimum absolute atomic E-state index is 0.0226. The first-order valence-corrected chi connectivity index (χ1v) is 15.2. The van der Waals surface area contributed by atoms with Gasteiger partial charge in [0.2, 0.25) is 5.91 Å². The average molecular weight is 556 g/mol. The average Bonchev–Trinajstić information content (AvgIpc) is 3.39. The Morgan fingerprint density at radius 3 is 2.32 bits per heavy atom. The van der Waals surface area contributed by atoms with E-state index in [9.17, 15) is 4.79 Å². The minimum atomic E-state index is -0.0322. The van der Waals surface area contributed by atoms with E-state index < -0.39 is 0 Å². The lowest BCUT2D eigenvalue weighted by molar-refractivity contribution is -0.135. The van der Waals surface area contributed by atoms with Gasteiger partial charge in [0.05, 0.1) is 20.3 Å². The molecule has 3 aromatic rings. The topological polar surface area (TPSA) is 48.0 Å². The lowest BCUT2D eigenvalue weighted by atomic mass is 9.70. The highest BCUT2D eigenvalue weighted by Crippen LogP contribution is 2.47. The summed E-state index contributed by atoms with van der Waals surface area (Å²) >= 11 is 0. The SMILES string of the molecule is CCC1(C)CN(C(=O)COCc2ccccc2)CC1c1ccc(OC)c(OCC2(c3ccccc3)CCCCC2)c1. The van der Waals surface area contributed by atoms with Crippen molar-refractivity contribution in [2.75, 3.05) is 33.4 Å². The van der Waals surface area contributed by atoms with E-state index in [1.807, 2.05) is 41.3 Å². The second-order valence-corrected chi connectivity index (χ2v) is 12.2. The van der Waals surface area contributed by atoms with E-state index in [-0.39, 0.29) is 29.3 Å². The molecule has 41 heavy (non-hydrogen) atoms. The summed E-state index contributed by atoms with van der Waals surface area (Å²) in [6.45, 7) is 7.10. The van der Waals surface area contributed by atoms with Crippen LogP contribution in [0, 0.1) is 5.41 Å². The lowest BCUT2D eigenvalue weighted by Gasteiger charge is -2.38. The Morgan fingerprint density at radius 1 is 0.927 bits per heavy atom. The molecule has 0 aromatic heterocycles. The van der Waals surface area contributed by atoms with Gasteiger partial charge in [-0.15, -0.1) is 0 Å². The Labute approximate surface area is 245 Å². The molecule has 5 rings (SSSR count). The van der Waals surface area contributed by atoms with Gasteiger partial charge in [0.1, 0.15) is 6.61 Å². The number of carbonyl (C=O) groups excluding carboxylic acids is 1. The smallest absolute Gasteiger partial charge is 0.248 e. The van der Waals surface area contributed by atoms with E-state index >= 15 is 0 Å². The zero-order valence-electron chi connectivity index (χ0n) is 24.9. The third-order valence-electron chi connectivity index (χ3n) is 9.58.